The molecule has 3 nitrogen and oxygen atoms in total. The molecule has 0 spiro atoms. The number of fused-ring (bicyclic) bond motifs is 2. The number of carbonyl (C=O) groups is 1. The summed E-state index contributed by atoms with van der Waals surface area (Å²) in [4.78, 5) is 10.7. The predicted molar refractivity (Wildman–Crippen MR) is 52.0 cm³/mol. The van der Waals surface area contributed by atoms with E-state index in [1.54, 1.807) is 0 Å². The van der Waals surface area contributed by atoms with Crippen LogP contribution in [0.4, 0.5) is 0 Å². The van der Waals surface area contributed by atoms with Gasteiger partial charge in [-0.25, -0.2) is 4.79 Å². The maximum Gasteiger partial charge on any atom is 0.328 e. The highest BCUT2D eigenvalue weighted by atomic mass is 16.5. The largest absolute Gasteiger partial charge is 0.478 e. The topological polar surface area (TPSA) is 46.5 Å². The first-order chi connectivity index (χ1) is 6.35. The molecule has 2 saturated heterocycles. The van der Waals surface area contributed by atoms with Gasteiger partial charge in [0.1, 0.15) is 0 Å². The molecule has 0 aromatic carbocycles. The van der Waals surface area contributed by atoms with Crippen molar-refractivity contribution in [3.05, 3.63) is 11.6 Å². The van der Waals surface area contributed by atoms with Gasteiger partial charge in [0.05, 0.1) is 11.7 Å². The highest BCUT2D eigenvalue weighted by molar-refractivity contribution is 5.81. The molecular weight excluding hydrogens is 180 g/mol. The van der Waals surface area contributed by atoms with Gasteiger partial charge in [0.15, 0.2) is 0 Å². The molecule has 0 aromatic heterocycles. The minimum absolute atomic E-state index is 0.0528. The monoisotopic (exact) mass is 196 g/mol. The van der Waals surface area contributed by atoms with E-state index in [4.69, 9.17) is 9.84 Å². The fraction of sp³-hybridized carbons (Fsp3) is 0.727. The first-order valence-corrected chi connectivity index (χ1v) is 4.97. The Balaban J connectivity index is 2.38. The molecule has 14 heavy (non-hydrogen) atoms. The van der Waals surface area contributed by atoms with Crippen LogP contribution in [-0.4, -0.2) is 22.8 Å². The molecule has 2 rings (SSSR count). The molecule has 2 aliphatic heterocycles. The Hall–Kier alpha value is -0.830. The smallest absolute Gasteiger partial charge is 0.328 e. The number of carboxylic acids is 1. The lowest BCUT2D eigenvalue weighted by Gasteiger charge is -2.37. The fourth-order valence-corrected chi connectivity index (χ4v) is 2.71. The lowest BCUT2D eigenvalue weighted by atomic mass is 9.66. The summed E-state index contributed by atoms with van der Waals surface area (Å²) < 4.78 is 5.86. The third-order valence-electron chi connectivity index (χ3n) is 3.79. The lowest BCUT2D eigenvalue weighted by Crippen LogP contribution is -2.39. The maximum absolute atomic E-state index is 10.7. The second kappa shape index (κ2) is 2.60. The number of aliphatic carboxylic acids is 1. The predicted octanol–water partition coefficient (Wildman–Crippen LogP) is 1.97. The average Bonchev–Trinajstić information content (AvgIpc) is 2.35. The SMILES string of the molecule is CC1(C)C[C@@H]2C/C(=C/C(=O)O)[C@@]1(C)O2. The van der Waals surface area contributed by atoms with Crippen LogP contribution in [0, 0.1) is 5.41 Å². The molecule has 0 saturated carbocycles. The van der Waals surface area contributed by atoms with Crippen LogP contribution >= 0.6 is 0 Å². The molecule has 1 N–H and O–H groups in total. The van der Waals surface area contributed by atoms with Crippen molar-refractivity contribution in [2.75, 3.05) is 0 Å². The van der Waals surface area contributed by atoms with Gasteiger partial charge in [0.25, 0.3) is 0 Å². The zero-order valence-electron chi connectivity index (χ0n) is 8.83. The van der Waals surface area contributed by atoms with E-state index in [9.17, 15) is 4.79 Å². The Morgan fingerprint density at radius 2 is 2.21 bits per heavy atom. The van der Waals surface area contributed by atoms with Crippen molar-refractivity contribution in [3.63, 3.8) is 0 Å². The summed E-state index contributed by atoms with van der Waals surface area (Å²) >= 11 is 0. The third kappa shape index (κ3) is 1.12. The molecule has 2 bridgehead atoms. The van der Waals surface area contributed by atoms with Crippen LogP contribution in [0.2, 0.25) is 0 Å². The first kappa shape index (κ1) is 9.71. The van der Waals surface area contributed by atoms with E-state index >= 15 is 0 Å². The number of hydrogen-bond acceptors (Lipinski definition) is 2. The van der Waals surface area contributed by atoms with Gasteiger partial charge in [-0.2, -0.15) is 0 Å². The van der Waals surface area contributed by atoms with E-state index in [2.05, 4.69) is 13.8 Å². The number of carboxylic acid groups (broad SMARTS) is 1. The van der Waals surface area contributed by atoms with E-state index in [0.29, 0.717) is 0 Å². The van der Waals surface area contributed by atoms with Crippen molar-refractivity contribution in [2.24, 2.45) is 5.41 Å². The third-order valence-corrected chi connectivity index (χ3v) is 3.79. The van der Waals surface area contributed by atoms with Crippen LogP contribution in [0.3, 0.4) is 0 Å². The Bertz CT molecular complexity index is 316. The molecule has 2 heterocycles. The minimum Gasteiger partial charge on any atom is -0.478 e. The maximum atomic E-state index is 10.7. The zero-order chi connectivity index (χ0) is 10.6. The van der Waals surface area contributed by atoms with Crippen LogP contribution < -0.4 is 0 Å². The number of rotatable bonds is 1. The summed E-state index contributed by atoms with van der Waals surface area (Å²) in [5, 5.41) is 8.75. The van der Waals surface area contributed by atoms with Crippen molar-refractivity contribution in [2.45, 2.75) is 45.3 Å². The summed E-state index contributed by atoms with van der Waals surface area (Å²) in [5.41, 5.74) is 0.624. The fourth-order valence-electron chi connectivity index (χ4n) is 2.71. The van der Waals surface area contributed by atoms with E-state index in [1.165, 1.54) is 6.08 Å². The number of hydrogen-bond donors (Lipinski definition) is 1. The lowest BCUT2D eigenvalue weighted by molar-refractivity contribution is -0.131. The van der Waals surface area contributed by atoms with Gasteiger partial charge < -0.3 is 9.84 Å². The van der Waals surface area contributed by atoms with Gasteiger partial charge in [-0.05, 0) is 30.8 Å². The van der Waals surface area contributed by atoms with Crippen LogP contribution in [0.5, 0.6) is 0 Å². The highest BCUT2D eigenvalue weighted by Gasteiger charge is 2.58. The van der Waals surface area contributed by atoms with Crippen molar-refractivity contribution < 1.29 is 14.6 Å². The number of ether oxygens (including phenoxy) is 1. The summed E-state index contributed by atoms with van der Waals surface area (Å²) in [6, 6.07) is 0. The molecule has 0 unspecified atom stereocenters. The van der Waals surface area contributed by atoms with E-state index < -0.39 is 5.97 Å². The van der Waals surface area contributed by atoms with Crippen molar-refractivity contribution in [1.29, 1.82) is 0 Å². The normalized spacial score (nSPS) is 41.9. The van der Waals surface area contributed by atoms with Crippen molar-refractivity contribution in [3.8, 4) is 0 Å². The van der Waals surface area contributed by atoms with Gasteiger partial charge in [0, 0.05) is 6.08 Å². The zero-order valence-corrected chi connectivity index (χ0v) is 8.83. The molecule has 2 fully saturated rings. The van der Waals surface area contributed by atoms with Gasteiger partial charge in [0.2, 0.25) is 0 Å². The van der Waals surface area contributed by atoms with E-state index in [1.807, 2.05) is 6.92 Å². The van der Waals surface area contributed by atoms with E-state index in [-0.39, 0.29) is 17.1 Å². The second-order valence-electron chi connectivity index (χ2n) is 5.07. The standard InChI is InChI=1S/C11H16O3/c1-10(2)6-8-4-7(5-9(12)13)11(10,3)14-8/h5,8H,4,6H2,1-3H3,(H,12,13)/b7-5-/t8-,11+/m0/s1. The quantitative estimate of drug-likeness (QED) is 0.652. The van der Waals surface area contributed by atoms with Crippen LogP contribution in [-0.2, 0) is 9.53 Å². The van der Waals surface area contributed by atoms with Crippen LogP contribution in [0.1, 0.15) is 33.6 Å². The van der Waals surface area contributed by atoms with Crippen molar-refractivity contribution >= 4 is 5.97 Å². The molecule has 2 aliphatic rings. The molecule has 2 atom stereocenters. The molecule has 0 amide bonds. The highest BCUT2D eigenvalue weighted by Crippen LogP contribution is 2.57. The Kier molecular flexibility index (Phi) is 1.80. The summed E-state index contributed by atoms with van der Waals surface area (Å²) in [6.45, 7) is 6.29. The second-order valence-corrected chi connectivity index (χ2v) is 5.07. The van der Waals surface area contributed by atoms with Crippen molar-refractivity contribution in [1.82, 2.24) is 0 Å². The first-order valence-electron chi connectivity index (χ1n) is 4.97. The van der Waals surface area contributed by atoms with Gasteiger partial charge in [-0.15, -0.1) is 0 Å². The summed E-state index contributed by atoms with van der Waals surface area (Å²) in [5.74, 6) is -0.867. The molecule has 0 aromatic rings. The van der Waals surface area contributed by atoms with Crippen LogP contribution in [0.15, 0.2) is 11.6 Å². The molecular formula is C11H16O3. The average molecular weight is 196 g/mol. The van der Waals surface area contributed by atoms with Gasteiger partial charge in [-0.3, -0.25) is 0 Å². The molecule has 0 radical (unpaired) electrons. The van der Waals surface area contributed by atoms with Crippen LogP contribution in [0.25, 0.3) is 0 Å². The van der Waals surface area contributed by atoms with Gasteiger partial charge >= 0.3 is 5.97 Å². The summed E-state index contributed by atoms with van der Waals surface area (Å²) in [7, 11) is 0. The molecule has 78 valence electrons. The Labute approximate surface area is 83.8 Å². The van der Waals surface area contributed by atoms with E-state index in [0.717, 1.165) is 18.4 Å². The van der Waals surface area contributed by atoms with Gasteiger partial charge in [-0.1, -0.05) is 13.8 Å². The summed E-state index contributed by atoms with van der Waals surface area (Å²) in [6.07, 6.45) is 3.36. The molecule has 3 heteroatoms. The molecule has 0 aliphatic carbocycles. The Morgan fingerprint density at radius 1 is 1.57 bits per heavy atom. The minimum atomic E-state index is -0.867. The Morgan fingerprint density at radius 3 is 2.64 bits per heavy atom.